The first-order valence-electron chi connectivity index (χ1n) is 2.40. The van der Waals surface area contributed by atoms with E-state index in [1.165, 1.54) is 0 Å². The summed E-state index contributed by atoms with van der Waals surface area (Å²) in [6, 6.07) is 0. The van der Waals surface area contributed by atoms with Crippen molar-refractivity contribution in [3.63, 3.8) is 0 Å². The fourth-order valence-corrected chi connectivity index (χ4v) is 1.14. The van der Waals surface area contributed by atoms with Crippen molar-refractivity contribution in [3.05, 3.63) is 0 Å². The molecule has 0 N–H and O–H groups in total. The average molecular weight is 279 g/mol. The summed E-state index contributed by atoms with van der Waals surface area (Å²) in [6.45, 7) is 2.04. The second-order valence-electron chi connectivity index (χ2n) is 1.49. The SMILES string of the molecule is C[P+](=O)OCC(Br)CBr. The maximum Gasteiger partial charge on any atom is 0.504 e. The monoisotopic (exact) mass is 277 g/mol. The molecule has 0 spiro atoms. The molecule has 0 aromatic carbocycles. The maximum absolute atomic E-state index is 10.4. The van der Waals surface area contributed by atoms with Gasteiger partial charge >= 0.3 is 8.03 Å². The minimum atomic E-state index is -1.44. The molecule has 0 radical (unpaired) electrons. The molecule has 0 aliphatic heterocycles. The predicted molar refractivity (Wildman–Crippen MR) is 46.0 cm³/mol. The molecule has 0 heterocycles. The highest BCUT2D eigenvalue weighted by atomic mass is 79.9. The van der Waals surface area contributed by atoms with E-state index in [4.69, 9.17) is 4.52 Å². The van der Waals surface area contributed by atoms with Gasteiger partial charge in [0.15, 0.2) is 6.66 Å². The summed E-state index contributed by atoms with van der Waals surface area (Å²) < 4.78 is 15.2. The molecule has 0 fully saturated rings. The zero-order valence-corrected chi connectivity index (χ0v) is 9.08. The molecule has 0 saturated carbocycles. The number of alkyl halides is 2. The van der Waals surface area contributed by atoms with Crippen LogP contribution >= 0.6 is 39.9 Å². The fourth-order valence-electron chi connectivity index (χ4n) is 0.230. The van der Waals surface area contributed by atoms with E-state index in [0.29, 0.717) is 6.61 Å². The Bertz CT molecular complexity index is 98.6. The van der Waals surface area contributed by atoms with Crippen molar-refractivity contribution < 1.29 is 9.09 Å². The largest absolute Gasteiger partial charge is 0.504 e. The maximum atomic E-state index is 10.4. The molecular weight excluding hydrogens is 271 g/mol. The molecule has 2 atom stereocenters. The van der Waals surface area contributed by atoms with Gasteiger partial charge in [0, 0.05) is 5.33 Å². The highest BCUT2D eigenvalue weighted by Gasteiger charge is 2.10. The lowest BCUT2D eigenvalue weighted by Gasteiger charge is -1.96. The lowest BCUT2D eigenvalue weighted by molar-refractivity contribution is 0.340. The summed E-state index contributed by atoms with van der Waals surface area (Å²) >= 11 is 6.55. The third-order valence-electron chi connectivity index (χ3n) is 0.605. The number of halogens is 2. The Labute approximate surface area is 72.5 Å². The Morgan fingerprint density at radius 2 is 2.33 bits per heavy atom. The summed E-state index contributed by atoms with van der Waals surface area (Å²) in [5, 5.41) is 0.816. The van der Waals surface area contributed by atoms with E-state index >= 15 is 0 Å². The molecule has 0 amide bonds. The Kier molecular flexibility index (Phi) is 6.43. The lowest BCUT2D eigenvalue weighted by atomic mass is 10.5. The van der Waals surface area contributed by atoms with Crippen LogP contribution in [0, 0.1) is 0 Å². The van der Waals surface area contributed by atoms with Crippen LogP contribution in [0.15, 0.2) is 0 Å². The molecule has 0 aromatic heterocycles. The molecule has 2 nitrogen and oxygen atoms in total. The van der Waals surface area contributed by atoms with E-state index < -0.39 is 8.03 Å². The fraction of sp³-hybridized carbons (Fsp3) is 1.00. The van der Waals surface area contributed by atoms with Crippen LogP contribution in [0.1, 0.15) is 0 Å². The second-order valence-corrected chi connectivity index (χ2v) is 4.57. The van der Waals surface area contributed by atoms with Gasteiger partial charge in [-0.25, -0.2) is 0 Å². The van der Waals surface area contributed by atoms with Gasteiger partial charge in [0.05, 0.1) is 4.83 Å². The van der Waals surface area contributed by atoms with E-state index in [-0.39, 0.29) is 4.83 Å². The van der Waals surface area contributed by atoms with Gasteiger partial charge in [-0.2, -0.15) is 0 Å². The molecule has 0 aliphatic rings. The van der Waals surface area contributed by atoms with E-state index in [1.54, 1.807) is 6.66 Å². The Hall–Kier alpha value is 1.02. The van der Waals surface area contributed by atoms with E-state index in [9.17, 15) is 4.57 Å². The predicted octanol–water partition coefficient (Wildman–Crippen LogP) is 2.53. The van der Waals surface area contributed by atoms with Gasteiger partial charge in [-0.1, -0.05) is 31.9 Å². The van der Waals surface area contributed by atoms with E-state index in [1.807, 2.05) is 0 Å². The number of hydrogen-bond donors (Lipinski definition) is 0. The molecule has 0 aliphatic carbocycles. The molecule has 9 heavy (non-hydrogen) atoms. The van der Waals surface area contributed by atoms with Crippen LogP contribution < -0.4 is 0 Å². The average Bonchev–Trinajstić information content (AvgIpc) is 1.83. The van der Waals surface area contributed by atoms with Crippen molar-refractivity contribution in [2.45, 2.75) is 4.83 Å². The van der Waals surface area contributed by atoms with Gasteiger partial charge in [-0.15, -0.1) is 4.52 Å². The molecule has 0 aromatic rings. The molecule has 54 valence electrons. The van der Waals surface area contributed by atoms with Crippen molar-refractivity contribution in [2.24, 2.45) is 0 Å². The van der Waals surface area contributed by atoms with Crippen molar-refractivity contribution in [1.29, 1.82) is 0 Å². The highest BCUT2D eigenvalue weighted by molar-refractivity contribution is 9.12. The Balaban J connectivity index is 3.16. The first-order valence-corrected chi connectivity index (χ1v) is 6.06. The standard InChI is InChI=1S/C4H8Br2O2P/c1-9(7)8-3-4(6)2-5/h4H,2-3H2,1H3/q+1. The zero-order valence-electron chi connectivity index (χ0n) is 5.01. The van der Waals surface area contributed by atoms with Crippen LogP contribution in [0.4, 0.5) is 0 Å². The minimum Gasteiger partial charge on any atom is -0.145 e. The second kappa shape index (κ2) is 5.78. The first kappa shape index (κ1) is 10.0. The third kappa shape index (κ3) is 6.91. The summed E-state index contributed by atoms with van der Waals surface area (Å²) in [4.78, 5) is 0.261. The lowest BCUT2D eigenvalue weighted by Crippen LogP contribution is -2.05. The van der Waals surface area contributed by atoms with Crippen molar-refractivity contribution >= 4 is 39.9 Å². The summed E-state index contributed by atoms with van der Waals surface area (Å²) in [6.07, 6.45) is 0. The van der Waals surface area contributed by atoms with Crippen molar-refractivity contribution in [2.75, 3.05) is 18.6 Å². The smallest absolute Gasteiger partial charge is 0.145 e. The van der Waals surface area contributed by atoms with Gasteiger partial charge in [-0.3, -0.25) is 0 Å². The van der Waals surface area contributed by atoms with Crippen molar-refractivity contribution in [3.8, 4) is 0 Å². The van der Waals surface area contributed by atoms with Crippen LogP contribution in [0.5, 0.6) is 0 Å². The summed E-state index contributed by atoms with van der Waals surface area (Å²) in [5.41, 5.74) is 0. The molecule has 5 heteroatoms. The van der Waals surface area contributed by atoms with Crippen LogP contribution in [0.25, 0.3) is 0 Å². The first-order chi connectivity index (χ1) is 4.16. The number of rotatable bonds is 4. The van der Waals surface area contributed by atoms with Crippen LogP contribution in [-0.2, 0) is 9.09 Å². The van der Waals surface area contributed by atoms with Gasteiger partial charge in [-0.05, 0) is 4.57 Å². The molecule has 0 saturated heterocycles. The van der Waals surface area contributed by atoms with Gasteiger partial charge in [0.1, 0.15) is 6.61 Å². The van der Waals surface area contributed by atoms with Crippen molar-refractivity contribution in [1.82, 2.24) is 0 Å². The minimum absolute atomic E-state index is 0.261. The molecular formula is C4H8Br2O2P+. The van der Waals surface area contributed by atoms with Crippen LogP contribution in [0.2, 0.25) is 0 Å². The van der Waals surface area contributed by atoms with Crippen LogP contribution in [-0.4, -0.2) is 23.4 Å². The zero-order chi connectivity index (χ0) is 7.28. The van der Waals surface area contributed by atoms with Gasteiger partial charge in [0.2, 0.25) is 0 Å². The molecule has 0 rings (SSSR count). The van der Waals surface area contributed by atoms with Gasteiger partial charge in [0.25, 0.3) is 0 Å². The molecule has 2 unspecified atom stereocenters. The Morgan fingerprint density at radius 3 is 2.67 bits per heavy atom. The quantitative estimate of drug-likeness (QED) is 0.584. The molecule has 0 bridgehead atoms. The Morgan fingerprint density at radius 1 is 1.78 bits per heavy atom. The van der Waals surface area contributed by atoms with E-state index in [2.05, 4.69) is 31.9 Å². The third-order valence-corrected chi connectivity index (χ3v) is 3.36. The summed E-state index contributed by atoms with van der Waals surface area (Å²) in [7, 11) is -1.44. The topological polar surface area (TPSA) is 26.3 Å². The summed E-state index contributed by atoms with van der Waals surface area (Å²) in [5.74, 6) is 0. The number of hydrogen-bond acceptors (Lipinski definition) is 2. The highest BCUT2D eigenvalue weighted by Crippen LogP contribution is 2.17. The van der Waals surface area contributed by atoms with Gasteiger partial charge < -0.3 is 0 Å². The normalized spacial score (nSPS) is 15.2. The van der Waals surface area contributed by atoms with Crippen LogP contribution in [0.3, 0.4) is 0 Å². The van der Waals surface area contributed by atoms with E-state index in [0.717, 1.165) is 5.33 Å².